The van der Waals surface area contributed by atoms with Gasteiger partial charge in [0.15, 0.2) is 0 Å². The minimum Gasteiger partial charge on any atom is -0.316 e. The molecule has 1 atom stereocenters. The predicted molar refractivity (Wildman–Crippen MR) is 99.5 cm³/mol. The number of nitrogens with two attached hydrogens (primary N) is 1. The minimum absolute atomic E-state index is 0. The zero-order valence-corrected chi connectivity index (χ0v) is 15.6. The van der Waals surface area contributed by atoms with Crippen molar-refractivity contribution in [2.24, 2.45) is 11.1 Å². The first kappa shape index (κ1) is 20.3. The lowest BCUT2D eigenvalue weighted by atomic mass is 9.68. The SMILES string of the molecule is CCCCCCCCCCCCC12CCN(CC1)C(N)C2.Cl. The highest BCUT2D eigenvalue weighted by Crippen LogP contribution is 2.45. The summed E-state index contributed by atoms with van der Waals surface area (Å²) in [7, 11) is 0. The Bertz CT molecular complexity index is 275. The van der Waals surface area contributed by atoms with Crippen molar-refractivity contribution in [1.29, 1.82) is 0 Å². The van der Waals surface area contributed by atoms with Gasteiger partial charge in [0.2, 0.25) is 0 Å². The van der Waals surface area contributed by atoms with Crippen molar-refractivity contribution < 1.29 is 0 Å². The van der Waals surface area contributed by atoms with Crippen LogP contribution in [0.5, 0.6) is 0 Å². The highest BCUT2D eigenvalue weighted by Gasteiger charge is 2.42. The summed E-state index contributed by atoms with van der Waals surface area (Å²) in [6.45, 7) is 4.82. The average Bonchev–Trinajstić information content (AvgIpc) is 2.50. The number of unbranched alkanes of at least 4 members (excludes halogenated alkanes) is 9. The van der Waals surface area contributed by atoms with E-state index in [2.05, 4.69) is 11.8 Å². The van der Waals surface area contributed by atoms with E-state index in [1.54, 1.807) is 0 Å². The van der Waals surface area contributed by atoms with Crippen molar-refractivity contribution in [2.75, 3.05) is 13.1 Å². The third-order valence-electron chi connectivity index (χ3n) is 6.03. The summed E-state index contributed by atoms with van der Waals surface area (Å²) in [6, 6.07) is 0. The number of piperidine rings is 3. The van der Waals surface area contributed by atoms with Crippen LogP contribution in [0.1, 0.15) is 96.8 Å². The van der Waals surface area contributed by atoms with Gasteiger partial charge in [0.05, 0.1) is 6.17 Å². The van der Waals surface area contributed by atoms with Gasteiger partial charge in [-0.15, -0.1) is 12.4 Å². The van der Waals surface area contributed by atoms with Crippen LogP contribution in [0.4, 0.5) is 0 Å². The number of rotatable bonds is 11. The molecule has 0 aromatic heterocycles. The van der Waals surface area contributed by atoms with E-state index in [0.29, 0.717) is 11.6 Å². The zero-order chi connectivity index (χ0) is 15.0. The molecule has 2 nitrogen and oxygen atoms in total. The van der Waals surface area contributed by atoms with Crippen LogP contribution < -0.4 is 5.73 Å². The first-order chi connectivity index (χ1) is 10.3. The van der Waals surface area contributed by atoms with Gasteiger partial charge < -0.3 is 5.73 Å². The molecule has 132 valence electrons. The summed E-state index contributed by atoms with van der Waals surface area (Å²) >= 11 is 0. The Hall–Kier alpha value is 0.210. The fourth-order valence-corrected chi connectivity index (χ4v) is 4.45. The molecule has 0 aliphatic carbocycles. The van der Waals surface area contributed by atoms with Crippen LogP contribution >= 0.6 is 12.4 Å². The standard InChI is InChI=1S/C19H38N2.ClH/c1-2-3-4-5-6-7-8-9-10-11-12-19-13-15-21(16-14-19)18(20)17-19;/h18H,2-17,20H2,1H3;1H. The number of fused-ring (bicyclic) bond motifs is 3. The molecular formula is C19H39ClN2. The van der Waals surface area contributed by atoms with E-state index < -0.39 is 0 Å². The van der Waals surface area contributed by atoms with Crippen LogP contribution in [-0.2, 0) is 0 Å². The maximum Gasteiger partial charge on any atom is 0.0577 e. The molecule has 2 bridgehead atoms. The number of hydrogen-bond acceptors (Lipinski definition) is 2. The largest absolute Gasteiger partial charge is 0.316 e. The van der Waals surface area contributed by atoms with Crippen LogP contribution in [0.3, 0.4) is 0 Å². The lowest BCUT2D eigenvalue weighted by molar-refractivity contribution is -0.0245. The van der Waals surface area contributed by atoms with Crippen molar-refractivity contribution >= 4 is 12.4 Å². The quantitative estimate of drug-likeness (QED) is 0.507. The van der Waals surface area contributed by atoms with Crippen molar-refractivity contribution in [3.8, 4) is 0 Å². The van der Waals surface area contributed by atoms with E-state index >= 15 is 0 Å². The Morgan fingerprint density at radius 1 is 0.864 bits per heavy atom. The lowest BCUT2D eigenvalue weighted by Crippen LogP contribution is -2.57. The van der Waals surface area contributed by atoms with E-state index in [4.69, 9.17) is 5.73 Å². The van der Waals surface area contributed by atoms with Crippen molar-refractivity contribution in [3.63, 3.8) is 0 Å². The summed E-state index contributed by atoms with van der Waals surface area (Å²) in [5.74, 6) is 0. The maximum atomic E-state index is 6.25. The molecule has 3 heterocycles. The van der Waals surface area contributed by atoms with Crippen LogP contribution in [0.25, 0.3) is 0 Å². The number of halogens is 1. The van der Waals surface area contributed by atoms with Crippen LogP contribution in [0, 0.1) is 5.41 Å². The fraction of sp³-hybridized carbons (Fsp3) is 1.00. The van der Waals surface area contributed by atoms with Gasteiger partial charge in [0.25, 0.3) is 0 Å². The van der Waals surface area contributed by atoms with E-state index in [1.807, 2.05) is 0 Å². The summed E-state index contributed by atoms with van der Waals surface area (Å²) in [4.78, 5) is 2.49. The van der Waals surface area contributed by atoms with E-state index in [-0.39, 0.29) is 12.4 Å². The highest BCUT2D eigenvalue weighted by molar-refractivity contribution is 5.85. The minimum atomic E-state index is 0. The molecule has 1 unspecified atom stereocenters. The first-order valence-corrected chi connectivity index (χ1v) is 9.75. The van der Waals surface area contributed by atoms with Gasteiger partial charge in [-0.25, -0.2) is 0 Å². The van der Waals surface area contributed by atoms with Gasteiger partial charge in [0.1, 0.15) is 0 Å². The van der Waals surface area contributed by atoms with Gasteiger partial charge in [-0.05, 0) is 31.1 Å². The Kier molecular flexibility index (Phi) is 10.0. The first-order valence-electron chi connectivity index (χ1n) is 9.75. The summed E-state index contributed by atoms with van der Waals surface area (Å²) in [5.41, 5.74) is 6.88. The maximum absolute atomic E-state index is 6.25. The van der Waals surface area contributed by atoms with E-state index in [9.17, 15) is 0 Å². The fourth-order valence-electron chi connectivity index (χ4n) is 4.45. The number of hydrogen-bond donors (Lipinski definition) is 1. The molecule has 2 N–H and O–H groups in total. The van der Waals surface area contributed by atoms with Crippen molar-refractivity contribution in [2.45, 2.75) is 103 Å². The molecular weight excluding hydrogens is 292 g/mol. The van der Waals surface area contributed by atoms with E-state index in [0.717, 1.165) is 0 Å². The second-order valence-corrected chi connectivity index (χ2v) is 7.74. The Morgan fingerprint density at radius 3 is 1.86 bits per heavy atom. The van der Waals surface area contributed by atoms with Gasteiger partial charge in [0, 0.05) is 13.1 Å². The lowest BCUT2D eigenvalue weighted by Gasteiger charge is -2.52. The smallest absolute Gasteiger partial charge is 0.0577 e. The Morgan fingerprint density at radius 2 is 1.36 bits per heavy atom. The normalized spacial score (nSPS) is 30.3. The third-order valence-corrected chi connectivity index (χ3v) is 6.03. The van der Waals surface area contributed by atoms with Gasteiger partial charge in [-0.3, -0.25) is 4.90 Å². The molecule has 0 amide bonds. The molecule has 0 radical (unpaired) electrons. The molecule has 0 spiro atoms. The molecule has 0 saturated carbocycles. The Balaban J connectivity index is 0.00000242. The Labute approximate surface area is 145 Å². The van der Waals surface area contributed by atoms with Crippen molar-refractivity contribution in [3.05, 3.63) is 0 Å². The summed E-state index contributed by atoms with van der Waals surface area (Å²) in [5, 5.41) is 0. The summed E-state index contributed by atoms with van der Waals surface area (Å²) in [6.07, 6.45) is 20.4. The molecule has 3 heteroatoms. The molecule has 3 fully saturated rings. The predicted octanol–water partition coefficient (Wildman–Crippen LogP) is 5.49. The summed E-state index contributed by atoms with van der Waals surface area (Å²) < 4.78 is 0. The number of nitrogens with zero attached hydrogens (tertiary/aromatic N) is 1. The van der Waals surface area contributed by atoms with Gasteiger partial charge in [-0.1, -0.05) is 71.1 Å². The molecule has 3 aliphatic rings. The monoisotopic (exact) mass is 330 g/mol. The van der Waals surface area contributed by atoms with Crippen molar-refractivity contribution in [1.82, 2.24) is 4.90 Å². The van der Waals surface area contributed by atoms with Crippen LogP contribution in [0.2, 0.25) is 0 Å². The van der Waals surface area contributed by atoms with Gasteiger partial charge in [-0.2, -0.15) is 0 Å². The molecule has 3 aliphatic heterocycles. The molecule has 22 heavy (non-hydrogen) atoms. The second-order valence-electron chi connectivity index (χ2n) is 7.74. The zero-order valence-electron chi connectivity index (χ0n) is 14.8. The second kappa shape index (κ2) is 10.9. The van der Waals surface area contributed by atoms with Gasteiger partial charge >= 0.3 is 0 Å². The molecule has 0 aromatic rings. The van der Waals surface area contributed by atoms with Crippen LogP contribution in [-0.4, -0.2) is 24.2 Å². The third kappa shape index (κ3) is 6.37. The molecule has 3 saturated heterocycles. The van der Waals surface area contributed by atoms with E-state index in [1.165, 1.54) is 103 Å². The van der Waals surface area contributed by atoms with Crippen LogP contribution in [0.15, 0.2) is 0 Å². The molecule has 3 rings (SSSR count). The average molecular weight is 331 g/mol. The topological polar surface area (TPSA) is 29.3 Å². The molecule has 0 aromatic carbocycles. The highest BCUT2D eigenvalue weighted by atomic mass is 35.5.